The fourth-order valence-electron chi connectivity index (χ4n) is 3.17. The van der Waals surface area contributed by atoms with E-state index in [1.54, 1.807) is 6.07 Å². The van der Waals surface area contributed by atoms with Gasteiger partial charge in [0.2, 0.25) is 10.0 Å². The van der Waals surface area contributed by atoms with Crippen LogP contribution in [0, 0.1) is 17.0 Å². The number of hydrogen-bond donors (Lipinski definition) is 0. The van der Waals surface area contributed by atoms with Gasteiger partial charge in [0, 0.05) is 49.6 Å². The first kappa shape index (κ1) is 20.1. The number of hydrogen-bond acceptors (Lipinski definition) is 6. The predicted molar refractivity (Wildman–Crippen MR) is 107 cm³/mol. The summed E-state index contributed by atoms with van der Waals surface area (Å²) in [6.45, 7) is 3.97. The predicted octanol–water partition coefficient (Wildman–Crippen LogP) is 2.56. The van der Waals surface area contributed by atoms with E-state index in [4.69, 9.17) is 4.74 Å². The van der Waals surface area contributed by atoms with Gasteiger partial charge in [-0.3, -0.25) is 10.1 Å². The first-order valence-corrected chi connectivity index (χ1v) is 10.8. The van der Waals surface area contributed by atoms with Crippen molar-refractivity contribution in [2.45, 2.75) is 13.5 Å². The minimum Gasteiger partial charge on any atom is -0.489 e. The van der Waals surface area contributed by atoms with Gasteiger partial charge in [0.15, 0.2) is 0 Å². The number of aryl methyl sites for hydroxylation is 1. The Kier molecular flexibility index (Phi) is 5.85. The molecular weight excluding hydrogens is 382 g/mol. The lowest BCUT2D eigenvalue weighted by molar-refractivity contribution is -0.384. The van der Waals surface area contributed by atoms with Crippen molar-refractivity contribution in [1.29, 1.82) is 0 Å². The molecule has 0 aliphatic carbocycles. The van der Waals surface area contributed by atoms with E-state index in [0.29, 0.717) is 37.5 Å². The molecule has 1 heterocycles. The van der Waals surface area contributed by atoms with Gasteiger partial charge in [0.05, 0.1) is 11.2 Å². The Morgan fingerprint density at radius 1 is 1.07 bits per heavy atom. The van der Waals surface area contributed by atoms with E-state index in [-0.39, 0.29) is 12.3 Å². The first-order valence-electron chi connectivity index (χ1n) is 8.91. The molecule has 0 bridgehead atoms. The summed E-state index contributed by atoms with van der Waals surface area (Å²) in [6.07, 6.45) is 1.20. The number of nitrogens with zero attached hydrogens (tertiary/aromatic N) is 3. The van der Waals surface area contributed by atoms with Gasteiger partial charge in [-0.15, -0.1) is 0 Å². The Morgan fingerprint density at radius 2 is 1.71 bits per heavy atom. The summed E-state index contributed by atoms with van der Waals surface area (Å²) in [5, 5.41) is 11.2. The smallest absolute Gasteiger partial charge is 0.269 e. The van der Waals surface area contributed by atoms with Crippen LogP contribution in [0.25, 0.3) is 0 Å². The molecule has 150 valence electrons. The zero-order valence-electron chi connectivity index (χ0n) is 15.9. The van der Waals surface area contributed by atoms with E-state index in [9.17, 15) is 18.5 Å². The standard InChI is InChI=1S/C19H23N3O5S/c1-15-3-6-18(7-4-15)27-14-16-13-17(22(23)24)5-8-19(16)20-9-11-21(12-10-20)28(2,25)26/h3-8,13H,9-12,14H2,1-2H3. The third-order valence-corrected chi connectivity index (χ3v) is 6.04. The van der Waals surface area contributed by atoms with Gasteiger partial charge in [-0.05, 0) is 25.1 Å². The summed E-state index contributed by atoms with van der Waals surface area (Å²) >= 11 is 0. The molecule has 9 heteroatoms. The second-order valence-electron chi connectivity index (χ2n) is 6.82. The van der Waals surface area contributed by atoms with Crippen LogP contribution in [0.15, 0.2) is 42.5 Å². The molecule has 2 aromatic rings. The molecule has 28 heavy (non-hydrogen) atoms. The van der Waals surface area contributed by atoms with Crippen LogP contribution in [0.5, 0.6) is 5.75 Å². The molecule has 1 fully saturated rings. The van der Waals surface area contributed by atoms with Crippen LogP contribution >= 0.6 is 0 Å². The normalized spacial score (nSPS) is 15.4. The van der Waals surface area contributed by atoms with Crippen molar-refractivity contribution in [2.75, 3.05) is 37.3 Å². The first-order chi connectivity index (χ1) is 13.2. The van der Waals surface area contributed by atoms with Gasteiger partial charge in [0.1, 0.15) is 12.4 Å². The molecule has 1 saturated heterocycles. The lowest BCUT2D eigenvalue weighted by atomic mass is 10.1. The molecule has 0 radical (unpaired) electrons. The Balaban J connectivity index is 1.80. The van der Waals surface area contributed by atoms with Crippen molar-refractivity contribution in [2.24, 2.45) is 0 Å². The highest BCUT2D eigenvalue weighted by atomic mass is 32.2. The number of sulfonamides is 1. The highest BCUT2D eigenvalue weighted by Crippen LogP contribution is 2.28. The molecule has 8 nitrogen and oxygen atoms in total. The second kappa shape index (κ2) is 8.15. The number of piperazine rings is 1. The lowest BCUT2D eigenvalue weighted by Gasteiger charge is -2.35. The van der Waals surface area contributed by atoms with Crippen molar-refractivity contribution in [3.8, 4) is 5.75 Å². The molecule has 0 amide bonds. The maximum atomic E-state index is 11.7. The number of nitro benzene ring substituents is 1. The summed E-state index contributed by atoms with van der Waals surface area (Å²) in [4.78, 5) is 12.8. The van der Waals surface area contributed by atoms with Gasteiger partial charge >= 0.3 is 0 Å². The zero-order chi connectivity index (χ0) is 20.3. The monoisotopic (exact) mass is 405 g/mol. The van der Waals surface area contributed by atoms with Crippen LogP contribution in [0.1, 0.15) is 11.1 Å². The highest BCUT2D eigenvalue weighted by Gasteiger charge is 2.25. The van der Waals surface area contributed by atoms with E-state index in [1.165, 1.54) is 22.7 Å². The number of rotatable bonds is 6. The minimum atomic E-state index is -3.22. The minimum absolute atomic E-state index is 0.000952. The van der Waals surface area contributed by atoms with Gasteiger partial charge in [-0.1, -0.05) is 17.7 Å². The van der Waals surface area contributed by atoms with Gasteiger partial charge < -0.3 is 9.64 Å². The lowest BCUT2D eigenvalue weighted by Crippen LogP contribution is -2.48. The maximum Gasteiger partial charge on any atom is 0.269 e. The molecule has 0 spiro atoms. The third kappa shape index (κ3) is 4.79. The van der Waals surface area contributed by atoms with Gasteiger partial charge in [-0.25, -0.2) is 8.42 Å². The summed E-state index contributed by atoms with van der Waals surface area (Å²) in [5.41, 5.74) is 2.64. The molecule has 0 aromatic heterocycles. The average Bonchev–Trinajstić information content (AvgIpc) is 2.67. The van der Waals surface area contributed by atoms with E-state index >= 15 is 0 Å². The number of anilines is 1. The summed E-state index contributed by atoms with van der Waals surface area (Å²) in [5.74, 6) is 0.685. The van der Waals surface area contributed by atoms with E-state index < -0.39 is 14.9 Å². The van der Waals surface area contributed by atoms with Crippen molar-refractivity contribution < 1.29 is 18.1 Å². The topological polar surface area (TPSA) is 93.0 Å². The molecule has 3 rings (SSSR count). The van der Waals surface area contributed by atoms with Gasteiger partial charge in [0.25, 0.3) is 5.69 Å². The highest BCUT2D eigenvalue weighted by molar-refractivity contribution is 7.88. The fourth-order valence-corrected chi connectivity index (χ4v) is 3.99. The number of nitro groups is 1. The molecule has 0 atom stereocenters. The summed E-state index contributed by atoms with van der Waals surface area (Å²) < 4.78 is 30.7. The largest absolute Gasteiger partial charge is 0.489 e. The molecule has 2 aromatic carbocycles. The summed E-state index contributed by atoms with van der Waals surface area (Å²) in [6, 6.07) is 12.3. The van der Waals surface area contributed by atoms with Crippen LogP contribution in [0.4, 0.5) is 11.4 Å². The average molecular weight is 405 g/mol. The van der Waals surface area contributed by atoms with Crippen LogP contribution in [-0.4, -0.2) is 50.1 Å². The number of non-ortho nitro benzene ring substituents is 1. The number of benzene rings is 2. The number of ether oxygens (including phenoxy) is 1. The fraction of sp³-hybridized carbons (Fsp3) is 0.368. The molecule has 0 unspecified atom stereocenters. The van der Waals surface area contributed by atoms with Crippen molar-refractivity contribution in [3.63, 3.8) is 0 Å². The Bertz CT molecular complexity index is 952. The van der Waals surface area contributed by atoms with Crippen LogP contribution in [0.3, 0.4) is 0 Å². The molecular formula is C19H23N3O5S. The van der Waals surface area contributed by atoms with E-state index in [0.717, 1.165) is 11.3 Å². The zero-order valence-corrected chi connectivity index (χ0v) is 16.7. The van der Waals surface area contributed by atoms with E-state index in [1.807, 2.05) is 36.1 Å². The van der Waals surface area contributed by atoms with Crippen LogP contribution in [-0.2, 0) is 16.6 Å². The second-order valence-corrected chi connectivity index (χ2v) is 8.80. The van der Waals surface area contributed by atoms with Crippen molar-refractivity contribution in [3.05, 3.63) is 63.7 Å². The maximum absolute atomic E-state index is 11.7. The Hall–Kier alpha value is -2.65. The van der Waals surface area contributed by atoms with Crippen molar-refractivity contribution >= 4 is 21.4 Å². The molecule has 1 aliphatic rings. The molecule has 1 aliphatic heterocycles. The van der Waals surface area contributed by atoms with Crippen LogP contribution < -0.4 is 9.64 Å². The van der Waals surface area contributed by atoms with Gasteiger partial charge in [-0.2, -0.15) is 4.31 Å². The Morgan fingerprint density at radius 3 is 2.29 bits per heavy atom. The summed E-state index contributed by atoms with van der Waals surface area (Å²) in [7, 11) is -3.22. The van der Waals surface area contributed by atoms with Crippen molar-refractivity contribution in [1.82, 2.24) is 4.31 Å². The third-order valence-electron chi connectivity index (χ3n) is 4.74. The molecule has 0 saturated carbocycles. The quantitative estimate of drug-likeness (QED) is 0.542. The SMILES string of the molecule is Cc1ccc(OCc2cc([N+](=O)[O-])ccc2N2CCN(S(C)(=O)=O)CC2)cc1. The Labute approximate surface area is 164 Å². The van der Waals surface area contributed by atoms with E-state index in [2.05, 4.69) is 0 Å². The van der Waals surface area contributed by atoms with Crippen LogP contribution in [0.2, 0.25) is 0 Å². The molecule has 0 N–H and O–H groups in total.